The van der Waals surface area contributed by atoms with Crippen LogP contribution in [-0.2, 0) is 38.1 Å². The van der Waals surface area contributed by atoms with Gasteiger partial charge in [-0.25, -0.2) is 4.79 Å². The van der Waals surface area contributed by atoms with Crippen molar-refractivity contribution in [3.8, 4) is 11.8 Å². The summed E-state index contributed by atoms with van der Waals surface area (Å²) in [5.41, 5.74) is -0.00192. The Hall–Kier alpha value is -4.20. The Labute approximate surface area is 335 Å². The van der Waals surface area contributed by atoms with Crippen molar-refractivity contribution < 1.29 is 48.0 Å². The number of nitrogens with one attached hydrogen (secondary N) is 1. The van der Waals surface area contributed by atoms with Crippen LogP contribution in [0.2, 0.25) is 0 Å². The Kier molecular flexibility index (Phi) is 14.0. The number of aliphatic hydroxyl groups is 1. The number of amides is 1. The van der Waals surface area contributed by atoms with Crippen LogP contribution in [0.15, 0.2) is 35.7 Å². The van der Waals surface area contributed by atoms with Crippen molar-refractivity contribution in [1.82, 2.24) is 20.2 Å². The number of likely N-dealkylation sites (N-methyl/N-ethyl adjacent to an activating group) is 1. The Morgan fingerprint density at radius 3 is 2.51 bits per heavy atom. The van der Waals surface area contributed by atoms with E-state index in [0.29, 0.717) is 29.6 Å². The second kappa shape index (κ2) is 18.2. The van der Waals surface area contributed by atoms with Crippen LogP contribution in [0.1, 0.15) is 80.2 Å². The predicted molar refractivity (Wildman–Crippen MR) is 211 cm³/mol. The van der Waals surface area contributed by atoms with Crippen LogP contribution in [0, 0.1) is 35.5 Å². The standard InChI is InChI=1S/C42H59N5O10/c1-12-32-42(8)36(45-40(51)57-42)25(4)33(46-52-11)23(2)21-41(7,53-18-14-15-28-20-30-29(44-22-28)16-13-17-43-30)37(26(5)34(48)27(6)38(50)55-32)56-39-35(49)31(47(9)10)19-24(3)54-39/h13,16-17,20,22-27,31-32,35-37,39,49H,12,18-19,21H2,1-11H3,(H,45,51)/b46-33+/t23-,24-,25+,26+,27-,31+,32-,35-,36-,37-,39?,41+,42-/m1/s1. The third-order valence-electron chi connectivity index (χ3n) is 11.9. The largest absolute Gasteiger partial charge is 0.458 e. The number of esters is 1. The molecule has 2 aromatic heterocycles. The molecule has 3 fully saturated rings. The number of aromatic nitrogens is 2. The SMILES string of the molecule is CC[C@H]1OC(=O)[C@H](C)C(=O)[C@H](C)[C@@H](OC2O[C@H](C)C[C@H](N(C)C)[C@H]2O)[C@@](C)(OCC#Cc2cnc3cccnc3c2)C[C@@H](C)/C(=N\OC)[C@H](C)[C@H]2NC(=O)O[C@@]21C. The first kappa shape index (κ1) is 43.9. The molecule has 3 saturated heterocycles. The number of carbonyl (C=O) groups is 3. The first-order chi connectivity index (χ1) is 26.9. The minimum absolute atomic E-state index is 0.0955. The topological polar surface area (TPSA) is 180 Å². The number of oxime groups is 1. The minimum atomic E-state index is -1.34. The van der Waals surface area contributed by atoms with E-state index >= 15 is 0 Å². The van der Waals surface area contributed by atoms with Crippen molar-refractivity contribution in [3.63, 3.8) is 0 Å². The van der Waals surface area contributed by atoms with E-state index in [1.807, 2.05) is 71.8 Å². The number of ketones is 1. The number of hydrogen-bond acceptors (Lipinski definition) is 14. The third kappa shape index (κ3) is 9.42. The van der Waals surface area contributed by atoms with Crippen LogP contribution in [0.5, 0.6) is 0 Å². The summed E-state index contributed by atoms with van der Waals surface area (Å²) in [6, 6.07) is 4.53. The molecule has 57 heavy (non-hydrogen) atoms. The zero-order valence-corrected chi connectivity index (χ0v) is 35.0. The number of rotatable bonds is 7. The second-order valence-electron chi connectivity index (χ2n) is 16.3. The van der Waals surface area contributed by atoms with E-state index in [9.17, 15) is 19.5 Å². The quantitative estimate of drug-likeness (QED) is 0.176. The molecular weight excluding hydrogens is 734 g/mol. The number of alkyl carbamates (subject to hydrolysis) is 1. The number of ether oxygens (including phenoxy) is 5. The van der Waals surface area contributed by atoms with Crippen molar-refractivity contribution in [2.45, 2.75) is 129 Å². The van der Waals surface area contributed by atoms with Crippen molar-refractivity contribution >= 4 is 34.6 Å². The van der Waals surface area contributed by atoms with Gasteiger partial charge in [0.1, 0.15) is 31.8 Å². The summed E-state index contributed by atoms with van der Waals surface area (Å²) in [5, 5.41) is 19.1. The summed E-state index contributed by atoms with van der Waals surface area (Å²) in [4.78, 5) is 57.5. The van der Waals surface area contributed by atoms with Gasteiger partial charge >= 0.3 is 12.1 Å². The van der Waals surface area contributed by atoms with Crippen LogP contribution in [0.3, 0.4) is 0 Å². The van der Waals surface area contributed by atoms with Crippen LogP contribution >= 0.6 is 0 Å². The molecule has 312 valence electrons. The van der Waals surface area contributed by atoms with Gasteiger partial charge in [-0.3, -0.25) is 19.6 Å². The van der Waals surface area contributed by atoms with Crippen molar-refractivity contribution in [3.05, 3.63) is 36.2 Å². The molecule has 0 aliphatic carbocycles. The summed E-state index contributed by atoms with van der Waals surface area (Å²) in [6.45, 7) is 14.2. The fourth-order valence-corrected chi connectivity index (χ4v) is 8.78. The summed E-state index contributed by atoms with van der Waals surface area (Å²) in [5.74, 6) is 1.83. The fraction of sp³-hybridized carbons (Fsp3) is 0.667. The number of fused-ring (bicyclic) bond motifs is 2. The van der Waals surface area contributed by atoms with Gasteiger partial charge in [0, 0.05) is 41.8 Å². The molecule has 15 nitrogen and oxygen atoms in total. The van der Waals surface area contributed by atoms with Crippen molar-refractivity contribution in [2.75, 3.05) is 27.8 Å². The lowest BCUT2D eigenvalue weighted by Crippen LogP contribution is -2.60. The molecule has 3 aliphatic heterocycles. The van der Waals surface area contributed by atoms with Crippen molar-refractivity contribution in [2.24, 2.45) is 28.8 Å². The highest BCUT2D eigenvalue weighted by Gasteiger charge is 2.57. The zero-order valence-electron chi connectivity index (χ0n) is 35.0. The number of aliphatic hydroxyl groups excluding tert-OH is 1. The van der Waals surface area contributed by atoms with Gasteiger partial charge in [0.15, 0.2) is 17.7 Å². The number of hydrogen-bond donors (Lipinski definition) is 2. The van der Waals surface area contributed by atoms with Crippen LogP contribution in [0.4, 0.5) is 4.79 Å². The summed E-state index contributed by atoms with van der Waals surface area (Å²) in [7, 11) is 5.20. The van der Waals surface area contributed by atoms with E-state index in [1.54, 1.807) is 26.2 Å². The lowest BCUT2D eigenvalue weighted by molar-refractivity contribution is -0.296. The number of carbonyl (C=O) groups excluding carboxylic acids is 3. The van der Waals surface area contributed by atoms with Gasteiger partial charge in [0.25, 0.3) is 0 Å². The van der Waals surface area contributed by atoms with Gasteiger partial charge in [-0.15, -0.1) is 0 Å². The van der Waals surface area contributed by atoms with E-state index < -0.39 is 83.4 Å². The lowest BCUT2D eigenvalue weighted by Gasteiger charge is -2.47. The Morgan fingerprint density at radius 2 is 1.82 bits per heavy atom. The maximum atomic E-state index is 14.5. The average molecular weight is 794 g/mol. The van der Waals surface area contributed by atoms with Gasteiger partial charge in [-0.05, 0) is 79.3 Å². The highest BCUT2D eigenvalue weighted by Crippen LogP contribution is 2.41. The molecule has 0 spiro atoms. The van der Waals surface area contributed by atoms with Crippen LogP contribution in [-0.4, -0.2) is 125 Å². The monoisotopic (exact) mass is 793 g/mol. The van der Waals surface area contributed by atoms with E-state index in [1.165, 1.54) is 14.0 Å². The summed E-state index contributed by atoms with van der Waals surface area (Å²) < 4.78 is 31.7. The summed E-state index contributed by atoms with van der Waals surface area (Å²) in [6.07, 6.45) is -0.741. The molecule has 1 unspecified atom stereocenters. The Balaban J connectivity index is 1.61. The molecule has 3 aliphatic rings. The first-order valence-electron chi connectivity index (χ1n) is 19.8. The average Bonchev–Trinajstić information content (AvgIpc) is 3.49. The van der Waals surface area contributed by atoms with Crippen LogP contribution < -0.4 is 5.32 Å². The molecule has 13 atom stereocenters. The molecule has 2 aromatic rings. The van der Waals surface area contributed by atoms with Gasteiger partial charge in [-0.1, -0.05) is 44.7 Å². The highest BCUT2D eigenvalue weighted by molar-refractivity contribution is 6.00. The van der Waals surface area contributed by atoms with Gasteiger partial charge < -0.3 is 43.8 Å². The maximum Gasteiger partial charge on any atom is 0.408 e. The molecule has 0 saturated carbocycles. The summed E-state index contributed by atoms with van der Waals surface area (Å²) >= 11 is 0. The normalized spacial score (nSPS) is 37.4. The van der Waals surface area contributed by atoms with E-state index in [0.717, 1.165) is 5.52 Å². The predicted octanol–water partition coefficient (Wildman–Crippen LogP) is 4.28. The number of cyclic esters (lactones) is 1. The lowest BCUT2D eigenvalue weighted by atomic mass is 9.73. The molecule has 5 heterocycles. The zero-order chi connectivity index (χ0) is 41.8. The Bertz CT molecular complexity index is 1860. The molecule has 1 amide bonds. The molecule has 0 bridgehead atoms. The van der Waals surface area contributed by atoms with Gasteiger partial charge in [-0.2, -0.15) is 0 Å². The maximum absolute atomic E-state index is 14.5. The van der Waals surface area contributed by atoms with E-state index in [2.05, 4.69) is 32.3 Å². The molecule has 0 aromatic carbocycles. The number of pyridine rings is 2. The minimum Gasteiger partial charge on any atom is -0.458 e. The molecule has 2 N–H and O–H groups in total. The fourth-order valence-electron chi connectivity index (χ4n) is 8.78. The van der Waals surface area contributed by atoms with E-state index in [-0.39, 0.29) is 25.2 Å². The molecule has 0 radical (unpaired) electrons. The van der Waals surface area contributed by atoms with Crippen molar-refractivity contribution in [1.29, 1.82) is 0 Å². The molecule has 5 rings (SSSR count). The Morgan fingerprint density at radius 1 is 1.09 bits per heavy atom. The first-order valence-corrected chi connectivity index (χ1v) is 19.8. The van der Waals surface area contributed by atoms with Gasteiger partial charge in [0.05, 0.1) is 40.6 Å². The number of nitrogens with zero attached hydrogens (tertiary/aromatic N) is 4. The third-order valence-corrected chi connectivity index (χ3v) is 11.9. The molecule has 15 heteroatoms. The molecular formula is C42H59N5O10. The number of Topliss-reactive ketones (excluding diaryl/α,β-unsaturated/α-hetero) is 1. The second-order valence-corrected chi connectivity index (χ2v) is 16.3. The highest BCUT2D eigenvalue weighted by atomic mass is 16.7. The van der Waals surface area contributed by atoms with Gasteiger partial charge in [0.2, 0.25) is 0 Å². The van der Waals surface area contributed by atoms with E-state index in [4.69, 9.17) is 28.5 Å². The smallest absolute Gasteiger partial charge is 0.408 e. The van der Waals surface area contributed by atoms with Crippen LogP contribution in [0.25, 0.3) is 11.0 Å².